The Morgan fingerprint density at radius 2 is 1.79 bits per heavy atom. The molecular weight excluding hydrogens is 348 g/mol. The predicted molar refractivity (Wildman–Crippen MR) is 112 cm³/mol. The minimum absolute atomic E-state index is 0.00340. The van der Waals surface area contributed by atoms with E-state index in [0.29, 0.717) is 19.5 Å². The zero-order valence-electron chi connectivity index (χ0n) is 16.6. The van der Waals surface area contributed by atoms with E-state index in [0.717, 1.165) is 38.9 Å². The summed E-state index contributed by atoms with van der Waals surface area (Å²) in [6.07, 6.45) is 0.144. The number of para-hydroxylation sites is 1. The number of amides is 1. The van der Waals surface area contributed by atoms with Crippen LogP contribution in [0, 0.1) is 26.7 Å². The minimum Gasteiger partial charge on any atom is -0.391 e. The van der Waals surface area contributed by atoms with Crippen LogP contribution in [-0.4, -0.2) is 40.1 Å². The molecule has 28 heavy (non-hydrogen) atoms. The third-order valence-corrected chi connectivity index (χ3v) is 5.71. The van der Waals surface area contributed by atoms with E-state index >= 15 is 0 Å². The Hall–Kier alpha value is -2.72. The number of fused-ring (bicyclic) bond motifs is 1. The lowest BCUT2D eigenvalue weighted by Crippen LogP contribution is -2.30. The van der Waals surface area contributed by atoms with E-state index in [9.17, 15) is 9.90 Å². The van der Waals surface area contributed by atoms with Gasteiger partial charge in [0.25, 0.3) is 5.91 Å². The van der Waals surface area contributed by atoms with Crippen molar-refractivity contribution in [2.45, 2.75) is 33.3 Å². The van der Waals surface area contributed by atoms with Crippen LogP contribution in [0.2, 0.25) is 0 Å². The molecule has 0 spiro atoms. The molecule has 1 aliphatic rings. The van der Waals surface area contributed by atoms with Crippen molar-refractivity contribution in [1.82, 2.24) is 9.88 Å². The van der Waals surface area contributed by atoms with Gasteiger partial charge in [-0.2, -0.15) is 0 Å². The molecular formula is C24H26N2O2. The van der Waals surface area contributed by atoms with Crippen LogP contribution < -0.4 is 0 Å². The lowest BCUT2D eigenvalue weighted by Gasteiger charge is -2.19. The van der Waals surface area contributed by atoms with Crippen LogP contribution in [0.4, 0.5) is 0 Å². The van der Waals surface area contributed by atoms with Gasteiger partial charge in [-0.05, 0) is 50.5 Å². The Labute approximate surface area is 165 Å². The zero-order chi connectivity index (χ0) is 19.8. The van der Waals surface area contributed by atoms with Gasteiger partial charge in [-0.15, -0.1) is 0 Å². The van der Waals surface area contributed by atoms with Crippen molar-refractivity contribution in [3.63, 3.8) is 0 Å². The minimum atomic E-state index is -0.525. The summed E-state index contributed by atoms with van der Waals surface area (Å²) < 4.78 is 0. The van der Waals surface area contributed by atoms with Gasteiger partial charge in [-0.25, -0.2) is 0 Å². The molecule has 1 amide bonds. The summed E-state index contributed by atoms with van der Waals surface area (Å²) in [7, 11) is 0. The number of benzene rings is 2. The highest BCUT2D eigenvalue weighted by atomic mass is 16.3. The number of carbonyl (C=O) groups excluding carboxylic acids is 1. The Balaban J connectivity index is 1.52. The summed E-state index contributed by atoms with van der Waals surface area (Å²) in [6.45, 7) is 6.94. The molecule has 0 radical (unpaired) electrons. The standard InChI is InChI=1S/C24H26N2O2/c1-15-10-16(2)23(17(3)11-15)24(28)26-13-19(22(27)14-26)12-20-9-8-18-6-4-5-7-21(18)25-20/h4-11,19,22,27H,12-14H2,1-3H3/t19-,22-/m1/s1. The summed E-state index contributed by atoms with van der Waals surface area (Å²) in [5.74, 6) is 0.0201. The quantitative estimate of drug-likeness (QED) is 0.758. The number of nitrogens with zero attached hydrogens (tertiary/aromatic N) is 2. The fourth-order valence-corrected chi connectivity index (χ4v) is 4.39. The first-order chi connectivity index (χ1) is 13.4. The van der Waals surface area contributed by atoms with E-state index < -0.39 is 6.10 Å². The lowest BCUT2D eigenvalue weighted by atomic mass is 9.98. The number of likely N-dealkylation sites (tertiary alicyclic amines) is 1. The highest BCUT2D eigenvalue weighted by Gasteiger charge is 2.35. The highest BCUT2D eigenvalue weighted by molar-refractivity contribution is 5.97. The number of aryl methyl sites for hydroxylation is 3. The van der Waals surface area contributed by atoms with Crippen molar-refractivity contribution in [3.05, 3.63) is 76.5 Å². The summed E-state index contributed by atoms with van der Waals surface area (Å²) >= 11 is 0. The van der Waals surface area contributed by atoms with Crippen molar-refractivity contribution in [2.75, 3.05) is 13.1 Å². The molecule has 2 aromatic carbocycles. The van der Waals surface area contributed by atoms with Gasteiger partial charge in [0, 0.05) is 35.7 Å². The summed E-state index contributed by atoms with van der Waals surface area (Å²) in [6, 6.07) is 16.2. The van der Waals surface area contributed by atoms with Crippen molar-refractivity contribution in [2.24, 2.45) is 5.92 Å². The monoisotopic (exact) mass is 374 g/mol. The Morgan fingerprint density at radius 3 is 2.54 bits per heavy atom. The Morgan fingerprint density at radius 1 is 1.07 bits per heavy atom. The molecule has 4 rings (SSSR count). The molecule has 0 saturated carbocycles. The number of carbonyl (C=O) groups is 1. The number of rotatable bonds is 3. The zero-order valence-corrected chi connectivity index (χ0v) is 16.6. The Bertz CT molecular complexity index is 1020. The molecule has 1 fully saturated rings. The third kappa shape index (κ3) is 3.52. The molecule has 0 aliphatic carbocycles. The van der Waals surface area contributed by atoms with Crippen molar-refractivity contribution in [3.8, 4) is 0 Å². The molecule has 4 nitrogen and oxygen atoms in total. The van der Waals surface area contributed by atoms with Crippen LogP contribution in [0.3, 0.4) is 0 Å². The molecule has 1 aliphatic heterocycles. The van der Waals surface area contributed by atoms with Crippen LogP contribution in [0.25, 0.3) is 10.9 Å². The highest BCUT2D eigenvalue weighted by Crippen LogP contribution is 2.26. The second-order valence-electron chi connectivity index (χ2n) is 8.01. The van der Waals surface area contributed by atoms with Crippen LogP contribution >= 0.6 is 0 Å². The Kier molecular flexibility index (Phi) is 4.90. The van der Waals surface area contributed by atoms with Gasteiger partial charge in [0.2, 0.25) is 0 Å². The van der Waals surface area contributed by atoms with Gasteiger partial charge < -0.3 is 10.0 Å². The molecule has 0 unspecified atom stereocenters. The summed E-state index contributed by atoms with van der Waals surface area (Å²) in [5, 5.41) is 11.7. The van der Waals surface area contributed by atoms with E-state index in [4.69, 9.17) is 4.98 Å². The van der Waals surface area contributed by atoms with Crippen molar-refractivity contribution in [1.29, 1.82) is 0 Å². The van der Waals surface area contributed by atoms with E-state index in [1.165, 1.54) is 0 Å². The van der Waals surface area contributed by atoms with E-state index in [2.05, 4.69) is 6.07 Å². The fourth-order valence-electron chi connectivity index (χ4n) is 4.39. The molecule has 1 N–H and O–H groups in total. The average Bonchev–Trinajstić information content (AvgIpc) is 3.01. The molecule has 0 bridgehead atoms. The van der Waals surface area contributed by atoms with Gasteiger partial charge in [-0.1, -0.05) is 42.0 Å². The third-order valence-electron chi connectivity index (χ3n) is 5.71. The summed E-state index contributed by atoms with van der Waals surface area (Å²) in [5.41, 5.74) is 5.84. The maximum atomic E-state index is 13.1. The average molecular weight is 374 g/mol. The van der Waals surface area contributed by atoms with Crippen LogP contribution in [0.5, 0.6) is 0 Å². The maximum absolute atomic E-state index is 13.1. The molecule has 3 aromatic rings. The predicted octanol–water partition coefficient (Wildman–Crippen LogP) is 3.84. The number of pyridine rings is 1. The number of aliphatic hydroxyl groups is 1. The smallest absolute Gasteiger partial charge is 0.254 e. The van der Waals surface area contributed by atoms with Crippen LogP contribution in [-0.2, 0) is 6.42 Å². The molecule has 2 atom stereocenters. The molecule has 1 saturated heterocycles. The topological polar surface area (TPSA) is 53.4 Å². The van der Waals surface area contributed by atoms with Crippen LogP contribution in [0.1, 0.15) is 32.7 Å². The SMILES string of the molecule is Cc1cc(C)c(C(=O)N2C[C@@H](Cc3ccc4ccccc4n3)[C@H](O)C2)c(C)c1. The van der Waals surface area contributed by atoms with Gasteiger partial charge in [0.05, 0.1) is 11.6 Å². The van der Waals surface area contributed by atoms with E-state index in [1.54, 1.807) is 4.90 Å². The largest absolute Gasteiger partial charge is 0.391 e. The van der Waals surface area contributed by atoms with E-state index in [1.807, 2.05) is 63.2 Å². The number of aromatic nitrogens is 1. The maximum Gasteiger partial charge on any atom is 0.254 e. The number of hydrogen-bond acceptors (Lipinski definition) is 3. The van der Waals surface area contributed by atoms with Crippen LogP contribution in [0.15, 0.2) is 48.5 Å². The number of hydrogen-bond donors (Lipinski definition) is 1. The molecule has 144 valence electrons. The number of β-amino-alcohol motifs (C(OH)–C–C–N with tert-alkyl or cyclic N) is 1. The first-order valence-corrected chi connectivity index (χ1v) is 9.82. The first-order valence-electron chi connectivity index (χ1n) is 9.82. The molecule has 2 heterocycles. The lowest BCUT2D eigenvalue weighted by molar-refractivity contribution is 0.0763. The van der Waals surface area contributed by atoms with Crippen molar-refractivity contribution < 1.29 is 9.90 Å². The molecule has 1 aromatic heterocycles. The van der Waals surface area contributed by atoms with Gasteiger partial charge in [-0.3, -0.25) is 9.78 Å². The second kappa shape index (κ2) is 7.36. The van der Waals surface area contributed by atoms with Gasteiger partial charge in [0.1, 0.15) is 0 Å². The summed E-state index contributed by atoms with van der Waals surface area (Å²) in [4.78, 5) is 19.6. The fraction of sp³-hybridized carbons (Fsp3) is 0.333. The van der Waals surface area contributed by atoms with Gasteiger partial charge in [0.15, 0.2) is 0 Å². The van der Waals surface area contributed by atoms with Gasteiger partial charge >= 0.3 is 0 Å². The first kappa shape index (κ1) is 18.6. The second-order valence-corrected chi connectivity index (χ2v) is 8.01. The van der Waals surface area contributed by atoms with Crippen molar-refractivity contribution >= 4 is 16.8 Å². The normalized spacial score (nSPS) is 19.4. The molecule has 4 heteroatoms. The van der Waals surface area contributed by atoms with E-state index in [-0.39, 0.29) is 11.8 Å². The number of aliphatic hydroxyl groups excluding tert-OH is 1.